The zero-order valence-electron chi connectivity index (χ0n) is 18.4. The number of urea groups is 1. The van der Waals surface area contributed by atoms with E-state index in [0.29, 0.717) is 30.2 Å². The molecule has 11 heteroatoms. The summed E-state index contributed by atoms with van der Waals surface area (Å²) in [5.74, 6) is 1.25. The van der Waals surface area contributed by atoms with Gasteiger partial charge in [-0.3, -0.25) is 4.68 Å². The van der Waals surface area contributed by atoms with Crippen molar-refractivity contribution in [2.45, 2.75) is 50.6 Å². The van der Waals surface area contributed by atoms with Crippen molar-refractivity contribution in [2.24, 2.45) is 0 Å². The summed E-state index contributed by atoms with van der Waals surface area (Å²) in [7, 11) is 3.98. The Kier molecular flexibility index (Phi) is 7.08. The maximum absolute atomic E-state index is 12.5. The van der Waals surface area contributed by atoms with Gasteiger partial charge in [-0.05, 0) is 45.5 Å². The molecule has 11 nitrogen and oxygen atoms in total. The smallest absolute Gasteiger partial charge is 0.319 e. The number of nitrogens with zero attached hydrogens (tertiary/aromatic N) is 4. The first kappa shape index (κ1) is 22.3. The molecule has 3 atom stereocenters. The molecule has 0 bridgehead atoms. The normalized spacial score (nSPS) is 22.2. The molecule has 3 heterocycles. The van der Waals surface area contributed by atoms with Crippen molar-refractivity contribution >= 4 is 11.7 Å². The van der Waals surface area contributed by atoms with Gasteiger partial charge in [0.15, 0.2) is 11.5 Å². The van der Waals surface area contributed by atoms with Crippen molar-refractivity contribution in [1.29, 1.82) is 0 Å². The third-order valence-corrected chi connectivity index (χ3v) is 5.49. The zero-order chi connectivity index (χ0) is 22.5. The first-order chi connectivity index (χ1) is 15.5. The Morgan fingerprint density at radius 2 is 2.12 bits per heavy atom. The second-order valence-corrected chi connectivity index (χ2v) is 8.33. The number of anilines is 1. The fraction of sp³-hybridized carbons (Fsp3) is 0.571. The first-order valence-corrected chi connectivity index (χ1v) is 10.8. The van der Waals surface area contributed by atoms with E-state index in [1.165, 1.54) is 0 Å². The molecule has 1 fully saturated rings. The monoisotopic (exact) mass is 446 g/mol. The molecule has 4 rings (SSSR count). The van der Waals surface area contributed by atoms with Gasteiger partial charge in [0.05, 0.1) is 24.4 Å². The number of aliphatic hydroxyl groups excluding tert-OH is 1. The fourth-order valence-electron chi connectivity index (χ4n) is 3.94. The van der Waals surface area contributed by atoms with Crippen molar-refractivity contribution < 1.29 is 24.1 Å². The molecule has 0 radical (unpaired) electrons. The van der Waals surface area contributed by atoms with Gasteiger partial charge in [0.25, 0.3) is 0 Å². The van der Waals surface area contributed by atoms with E-state index in [2.05, 4.69) is 20.9 Å². The van der Waals surface area contributed by atoms with Crippen LogP contribution < -0.4 is 20.1 Å². The number of aliphatic hydroxyl groups is 1. The van der Waals surface area contributed by atoms with Crippen LogP contribution in [0.5, 0.6) is 11.5 Å². The van der Waals surface area contributed by atoms with Crippen LogP contribution in [0.25, 0.3) is 0 Å². The highest BCUT2D eigenvalue weighted by molar-refractivity contribution is 5.90. The summed E-state index contributed by atoms with van der Waals surface area (Å²) in [6, 6.07) is 4.58. The lowest BCUT2D eigenvalue weighted by Gasteiger charge is -2.36. The summed E-state index contributed by atoms with van der Waals surface area (Å²) in [6.07, 6.45) is 3.73. The number of rotatable bonds is 8. The Bertz CT molecular complexity index is 920. The third kappa shape index (κ3) is 5.67. The van der Waals surface area contributed by atoms with E-state index in [4.69, 9.17) is 14.2 Å². The molecule has 174 valence electrons. The van der Waals surface area contributed by atoms with Gasteiger partial charge in [-0.25, -0.2) is 4.79 Å². The summed E-state index contributed by atoms with van der Waals surface area (Å²) in [6.45, 7) is 1.44. The predicted octanol–water partition coefficient (Wildman–Crippen LogP) is 1.19. The predicted molar refractivity (Wildman–Crippen MR) is 116 cm³/mol. The molecule has 1 aromatic carbocycles. The van der Waals surface area contributed by atoms with E-state index in [1.54, 1.807) is 18.2 Å². The summed E-state index contributed by atoms with van der Waals surface area (Å²) >= 11 is 0. The Hall–Kier alpha value is -2.89. The minimum absolute atomic E-state index is 0.0105. The second kappa shape index (κ2) is 10.2. The molecule has 2 aromatic rings. The fourth-order valence-corrected chi connectivity index (χ4v) is 3.94. The maximum Gasteiger partial charge on any atom is 0.319 e. The number of aryl methyl sites for hydroxylation is 1. The Morgan fingerprint density at radius 3 is 2.94 bits per heavy atom. The lowest BCUT2D eigenvalue weighted by atomic mass is 9.97. The molecule has 0 spiro atoms. The van der Waals surface area contributed by atoms with Crippen LogP contribution in [0.2, 0.25) is 0 Å². The number of hydrogen-bond donors (Lipinski definition) is 3. The summed E-state index contributed by atoms with van der Waals surface area (Å²) in [4.78, 5) is 14.5. The van der Waals surface area contributed by atoms with E-state index in [1.807, 2.05) is 29.9 Å². The zero-order valence-corrected chi connectivity index (χ0v) is 18.4. The van der Waals surface area contributed by atoms with Gasteiger partial charge in [-0.1, -0.05) is 5.21 Å². The lowest BCUT2D eigenvalue weighted by molar-refractivity contribution is -0.0905. The summed E-state index contributed by atoms with van der Waals surface area (Å²) in [5, 5.41) is 23.8. The number of carbonyl (C=O) groups excluding carboxylic acids is 1. The van der Waals surface area contributed by atoms with Crippen LogP contribution in [0, 0.1) is 0 Å². The van der Waals surface area contributed by atoms with E-state index >= 15 is 0 Å². The topological polar surface area (TPSA) is 123 Å². The van der Waals surface area contributed by atoms with E-state index in [9.17, 15) is 9.90 Å². The molecule has 0 unspecified atom stereocenters. The molecule has 1 saturated heterocycles. The average molecular weight is 447 g/mol. The van der Waals surface area contributed by atoms with Crippen molar-refractivity contribution in [2.75, 3.05) is 32.8 Å². The van der Waals surface area contributed by atoms with Crippen molar-refractivity contribution in [1.82, 2.24) is 25.2 Å². The number of hydrogen-bond acceptors (Lipinski definition) is 8. The van der Waals surface area contributed by atoms with Gasteiger partial charge in [0.2, 0.25) is 6.79 Å². The molecule has 3 N–H and O–H groups in total. The minimum atomic E-state index is -0.462. The van der Waals surface area contributed by atoms with Gasteiger partial charge in [0.1, 0.15) is 6.10 Å². The average Bonchev–Trinajstić information content (AvgIpc) is 3.41. The molecular formula is C21H30N6O5. The number of carbonyl (C=O) groups is 1. The SMILES string of the molecule is CN(C)Cc1cn(CC[C@H]2CC[C@H](NC(=O)Nc3ccc4c(c3)OCO4)[C@@H](CO)O2)nn1. The molecule has 2 aliphatic heterocycles. The van der Waals surface area contributed by atoms with Gasteiger partial charge in [0, 0.05) is 31.0 Å². The van der Waals surface area contributed by atoms with Crippen LogP contribution in [-0.2, 0) is 17.8 Å². The first-order valence-electron chi connectivity index (χ1n) is 10.8. The van der Waals surface area contributed by atoms with Gasteiger partial charge in [-0.15, -0.1) is 5.10 Å². The molecule has 0 saturated carbocycles. The molecule has 1 aromatic heterocycles. The number of aromatic nitrogens is 3. The molecule has 32 heavy (non-hydrogen) atoms. The number of ether oxygens (including phenoxy) is 3. The van der Waals surface area contributed by atoms with Gasteiger partial charge in [-0.2, -0.15) is 0 Å². The summed E-state index contributed by atoms with van der Waals surface area (Å²) < 4.78 is 18.5. The van der Waals surface area contributed by atoms with Crippen LogP contribution in [-0.4, -0.2) is 76.8 Å². The maximum atomic E-state index is 12.5. The van der Waals surface area contributed by atoms with Crippen LogP contribution in [0.1, 0.15) is 25.0 Å². The van der Waals surface area contributed by atoms with Crippen LogP contribution in [0.4, 0.5) is 10.5 Å². The highest BCUT2D eigenvalue weighted by Gasteiger charge is 2.32. The van der Waals surface area contributed by atoms with Crippen molar-refractivity contribution in [3.63, 3.8) is 0 Å². The molecule has 0 aliphatic carbocycles. The van der Waals surface area contributed by atoms with Crippen LogP contribution in [0.3, 0.4) is 0 Å². The number of fused-ring (bicyclic) bond motifs is 1. The second-order valence-electron chi connectivity index (χ2n) is 8.33. The number of amides is 2. The summed E-state index contributed by atoms with van der Waals surface area (Å²) in [5.41, 5.74) is 1.52. The van der Waals surface area contributed by atoms with Crippen LogP contribution in [0.15, 0.2) is 24.4 Å². The Balaban J connectivity index is 1.24. The standard InChI is InChI=1S/C21H30N6O5/c1-26(2)10-15-11-27(25-24-15)8-7-16-4-5-17(20(12-28)32-16)23-21(29)22-14-3-6-18-19(9-14)31-13-30-18/h3,6,9,11,16-17,20,28H,4-5,7-8,10,12-13H2,1-2H3,(H2,22,23,29)/t16-,17+,20-/m1/s1. The largest absolute Gasteiger partial charge is 0.454 e. The Morgan fingerprint density at radius 1 is 1.28 bits per heavy atom. The van der Waals surface area contributed by atoms with Crippen molar-refractivity contribution in [3.05, 3.63) is 30.1 Å². The quantitative estimate of drug-likeness (QED) is 0.553. The number of nitrogens with one attached hydrogen (secondary N) is 2. The van der Waals surface area contributed by atoms with Gasteiger partial charge >= 0.3 is 6.03 Å². The third-order valence-electron chi connectivity index (χ3n) is 5.49. The van der Waals surface area contributed by atoms with Gasteiger partial charge < -0.3 is 34.9 Å². The lowest BCUT2D eigenvalue weighted by Crippen LogP contribution is -2.52. The number of benzene rings is 1. The van der Waals surface area contributed by atoms with E-state index < -0.39 is 6.10 Å². The van der Waals surface area contributed by atoms with Crippen molar-refractivity contribution in [3.8, 4) is 11.5 Å². The molecule has 2 aliphatic rings. The Labute approximate surface area is 186 Å². The van der Waals surface area contributed by atoms with E-state index in [0.717, 1.165) is 25.1 Å². The van der Waals surface area contributed by atoms with Crippen LogP contribution >= 0.6 is 0 Å². The molecule has 2 amide bonds. The molecular weight excluding hydrogens is 416 g/mol. The minimum Gasteiger partial charge on any atom is -0.454 e. The highest BCUT2D eigenvalue weighted by atomic mass is 16.7. The highest BCUT2D eigenvalue weighted by Crippen LogP contribution is 2.34. The van der Waals surface area contributed by atoms with E-state index in [-0.39, 0.29) is 31.6 Å².